The van der Waals surface area contributed by atoms with Gasteiger partial charge in [-0.25, -0.2) is 0 Å². The Morgan fingerprint density at radius 2 is 2.33 bits per heavy atom. The molecule has 0 N–H and O–H groups in total. The van der Waals surface area contributed by atoms with Crippen molar-refractivity contribution < 1.29 is 4.74 Å². The molecule has 0 aromatic carbocycles. The Labute approximate surface area is 79.1 Å². The second-order valence-electron chi connectivity index (χ2n) is 2.64. The van der Waals surface area contributed by atoms with Crippen molar-refractivity contribution in [3.63, 3.8) is 0 Å². The fourth-order valence-corrected chi connectivity index (χ4v) is 2.39. The topological polar surface area (TPSA) is 25.4 Å². The maximum absolute atomic E-state index is 5.30. The van der Waals surface area contributed by atoms with Crippen LogP contribution in [0, 0.1) is 0 Å². The molecule has 1 heterocycles. The van der Waals surface area contributed by atoms with Crippen LogP contribution in [-0.4, -0.2) is 40.2 Å². The summed E-state index contributed by atoms with van der Waals surface area (Å²) in [5, 5.41) is 0. The Morgan fingerprint density at radius 1 is 1.58 bits per heavy atom. The first-order valence-corrected chi connectivity index (χ1v) is 5.65. The van der Waals surface area contributed by atoms with Crippen molar-refractivity contribution in [1.29, 1.82) is 0 Å². The van der Waals surface area contributed by atoms with Crippen LogP contribution in [0.2, 0.25) is 0 Å². The summed E-state index contributed by atoms with van der Waals surface area (Å²) in [6, 6.07) is 0. The standard InChI is InChI=1S/C8H14N2OSe/c1-4-11-6-7-5-9-8(12-7)10(2)3/h5H,4,6H2,1-3H3. The third-order valence-electron chi connectivity index (χ3n) is 1.37. The Kier molecular flexibility index (Phi) is 3.79. The third kappa shape index (κ3) is 2.63. The monoisotopic (exact) mass is 234 g/mol. The Hall–Kier alpha value is -0.311. The van der Waals surface area contributed by atoms with Crippen LogP contribution < -0.4 is 4.90 Å². The molecule has 0 unspecified atom stereocenters. The second-order valence-corrected chi connectivity index (χ2v) is 4.94. The molecule has 0 atom stereocenters. The van der Waals surface area contributed by atoms with E-state index in [9.17, 15) is 0 Å². The first kappa shape index (κ1) is 9.78. The summed E-state index contributed by atoms with van der Waals surface area (Å²) in [4.78, 5) is 6.36. The van der Waals surface area contributed by atoms with Crippen LogP contribution >= 0.6 is 0 Å². The van der Waals surface area contributed by atoms with E-state index < -0.39 is 0 Å². The van der Waals surface area contributed by atoms with Gasteiger partial charge in [0, 0.05) is 0 Å². The van der Waals surface area contributed by atoms with Crippen LogP contribution in [0.4, 0.5) is 4.69 Å². The molecule has 0 aliphatic heterocycles. The average molecular weight is 233 g/mol. The maximum atomic E-state index is 5.30. The molecule has 0 radical (unpaired) electrons. The SMILES string of the molecule is CCOCc1cnc(N(C)C)[se]1. The van der Waals surface area contributed by atoms with Crippen molar-refractivity contribution in [1.82, 2.24) is 4.98 Å². The van der Waals surface area contributed by atoms with Crippen molar-refractivity contribution >= 4 is 19.2 Å². The summed E-state index contributed by atoms with van der Waals surface area (Å²) in [5.41, 5.74) is 0. The summed E-state index contributed by atoms with van der Waals surface area (Å²) >= 11 is 0.388. The number of hydrogen-bond acceptors (Lipinski definition) is 3. The minimum absolute atomic E-state index is 0.388. The molecule has 12 heavy (non-hydrogen) atoms. The van der Waals surface area contributed by atoms with E-state index in [1.807, 2.05) is 27.2 Å². The van der Waals surface area contributed by atoms with Crippen molar-refractivity contribution in [2.24, 2.45) is 0 Å². The van der Waals surface area contributed by atoms with Gasteiger partial charge in [0.25, 0.3) is 0 Å². The number of anilines is 1. The number of ether oxygens (including phenoxy) is 1. The molecule has 0 spiro atoms. The predicted molar refractivity (Wildman–Crippen MR) is 50.8 cm³/mol. The molecule has 0 fully saturated rings. The van der Waals surface area contributed by atoms with Gasteiger partial charge in [0.1, 0.15) is 0 Å². The summed E-state index contributed by atoms with van der Waals surface area (Å²) in [5.74, 6) is 0. The van der Waals surface area contributed by atoms with Crippen LogP contribution in [0.15, 0.2) is 6.20 Å². The van der Waals surface area contributed by atoms with Gasteiger partial charge in [0.15, 0.2) is 0 Å². The summed E-state index contributed by atoms with van der Waals surface area (Å²) in [6.07, 6.45) is 1.94. The number of rotatable bonds is 4. The average Bonchev–Trinajstić information content (AvgIpc) is 2.48. The van der Waals surface area contributed by atoms with Crippen LogP contribution in [0.3, 0.4) is 0 Å². The van der Waals surface area contributed by atoms with E-state index in [0.29, 0.717) is 14.5 Å². The zero-order valence-corrected chi connectivity index (χ0v) is 9.42. The van der Waals surface area contributed by atoms with Gasteiger partial charge in [-0.15, -0.1) is 0 Å². The van der Waals surface area contributed by atoms with Crippen LogP contribution in [0.1, 0.15) is 11.4 Å². The molecule has 1 aromatic heterocycles. The molecule has 0 amide bonds. The quantitative estimate of drug-likeness (QED) is 0.717. The molecule has 1 rings (SSSR count). The number of aromatic nitrogens is 1. The molecular weight excluding hydrogens is 219 g/mol. The van der Waals surface area contributed by atoms with Crippen molar-refractivity contribution in [2.75, 3.05) is 25.6 Å². The van der Waals surface area contributed by atoms with Crippen LogP contribution in [-0.2, 0) is 11.3 Å². The number of nitrogens with zero attached hydrogens (tertiary/aromatic N) is 2. The fourth-order valence-electron chi connectivity index (χ4n) is 0.773. The molecule has 4 heteroatoms. The molecule has 0 saturated carbocycles. The van der Waals surface area contributed by atoms with Crippen molar-refractivity contribution in [3.8, 4) is 0 Å². The van der Waals surface area contributed by atoms with Crippen LogP contribution in [0.25, 0.3) is 0 Å². The van der Waals surface area contributed by atoms with Crippen molar-refractivity contribution in [2.45, 2.75) is 13.5 Å². The molecule has 0 aliphatic rings. The summed E-state index contributed by atoms with van der Waals surface area (Å²) in [7, 11) is 4.05. The normalized spacial score (nSPS) is 10.2. The van der Waals surface area contributed by atoms with Gasteiger partial charge >= 0.3 is 78.7 Å². The zero-order chi connectivity index (χ0) is 8.97. The van der Waals surface area contributed by atoms with Gasteiger partial charge in [-0.2, -0.15) is 0 Å². The fraction of sp³-hybridized carbons (Fsp3) is 0.625. The van der Waals surface area contributed by atoms with Gasteiger partial charge in [0.2, 0.25) is 0 Å². The Bertz CT molecular complexity index is 235. The van der Waals surface area contributed by atoms with E-state index in [-0.39, 0.29) is 0 Å². The zero-order valence-electron chi connectivity index (χ0n) is 7.70. The first-order valence-electron chi connectivity index (χ1n) is 3.93. The molecule has 3 nitrogen and oxygen atoms in total. The Balaban J connectivity index is 2.52. The van der Waals surface area contributed by atoms with Gasteiger partial charge in [-0.05, 0) is 0 Å². The first-order chi connectivity index (χ1) is 5.74. The summed E-state index contributed by atoms with van der Waals surface area (Å²) in [6.45, 7) is 3.54. The third-order valence-corrected chi connectivity index (χ3v) is 3.76. The van der Waals surface area contributed by atoms with E-state index in [4.69, 9.17) is 4.74 Å². The summed E-state index contributed by atoms with van der Waals surface area (Å²) < 4.78 is 7.81. The van der Waals surface area contributed by atoms with E-state index in [1.54, 1.807) is 0 Å². The molecule has 0 aliphatic carbocycles. The van der Waals surface area contributed by atoms with E-state index in [0.717, 1.165) is 13.2 Å². The van der Waals surface area contributed by atoms with E-state index in [2.05, 4.69) is 9.88 Å². The molecule has 68 valence electrons. The predicted octanol–water partition coefficient (Wildman–Crippen LogP) is 0.741. The van der Waals surface area contributed by atoms with E-state index in [1.165, 1.54) is 9.13 Å². The molecular formula is C8H14N2OSe. The second kappa shape index (κ2) is 4.65. The van der Waals surface area contributed by atoms with Gasteiger partial charge in [-0.1, -0.05) is 0 Å². The van der Waals surface area contributed by atoms with Crippen LogP contribution in [0.5, 0.6) is 0 Å². The van der Waals surface area contributed by atoms with E-state index >= 15 is 0 Å². The minimum atomic E-state index is 0.388. The van der Waals surface area contributed by atoms with Gasteiger partial charge < -0.3 is 0 Å². The molecule has 0 bridgehead atoms. The number of hydrogen-bond donors (Lipinski definition) is 0. The molecule has 1 aromatic rings. The van der Waals surface area contributed by atoms with Crippen molar-refractivity contribution in [3.05, 3.63) is 10.6 Å². The Morgan fingerprint density at radius 3 is 2.83 bits per heavy atom. The van der Waals surface area contributed by atoms with Gasteiger partial charge in [-0.3, -0.25) is 0 Å². The molecule has 0 saturated heterocycles. The van der Waals surface area contributed by atoms with Gasteiger partial charge in [0.05, 0.1) is 0 Å².